The van der Waals surface area contributed by atoms with E-state index in [4.69, 9.17) is 0 Å². The molecule has 116 valence electrons. The number of rotatable bonds is 2. The number of nitrogens with zero attached hydrogens (tertiary/aromatic N) is 3. The molecule has 0 spiro atoms. The van der Waals surface area contributed by atoms with Crippen LogP contribution in [0, 0.1) is 13.8 Å². The van der Waals surface area contributed by atoms with Crippen molar-refractivity contribution in [2.75, 3.05) is 19.6 Å². The molecule has 5 nitrogen and oxygen atoms in total. The fourth-order valence-corrected chi connectivity index (χ4v) is 2.94. The lowest BCUT2D eigenvalue weighted by Crippen LogP contribution is -2.52. The van der Waals surface area contributed by atoms with Crippen LogP contribution in [0.3, 0.4) is 0 Å². The molecule has 1 aromatic heterocycles. The highest BCUT2D eigenvalue weighted by Gasteiger charge is 2.26. The Morgan fingerprint density at radius 3 is 2.91 bits per heavy atom. The van der Waals surface area contributed by atoms with E-state index >= 15 is 0 Å². The molecule has 0 unspecified atom stereocenters. The van der Waals surface area contributed by atoms with Gasteiger partial charge in [0.05, 0.1) is 23.1 Å². The molecular formula is C17H22N4O. The normalized spacial score (nSPS) is 18.5. The first-order chi connectivity index (χ1) is 10.6. The Labute approximate surface area is 130 Å². The average molecular weight is 298 g/mol. The van der Waals surface area contributed by atoms with Crippen molar-refractivity contribution < 1.29 is 4.79 Å². The monoisotopic (exact) mass is 298 g/mol. The van der Waals surface area contributed by atoms with E-state index in [1.165, 1.54) is 5.56 Å². The number of amides is 1. The molecule has 0 saturated carbocycles. The molecule has 2 heterocycles. The van der Waals surface area contributed by atoms with Gasteiger partial charge in [0.2, 0.25) is 0 Å². The fourth-order valence-electron chi connectivity index (χ4n) is 2.94. The number of aryl methyl sites for hydroxylation is 1. The standard InChI is InChI=1S/C17H22N4O/c1-12-5-4-6-15(9-12)21-14(3)16(11-19-21)17(22)20-8-7-18-10-13(20)2/h4-6,9,11,13,18H,7-8,10H2,1-3H3/t13-/m0/s1. The average Bonchev–Trinajstić information content (AvgIpc) is 2.89. The zero-order chi connectivity index (χ0) is 15.7. The summed E-state index contributed by atoms with van der Waals surface area (Å²) in [6.07, 6.45) is 1.69. The Morgan fingerprint density at radius 2 is 2.18 bits per heavy atom. The van der Waals surface area contributed by atoms with Crippen molar-refractivity contribution in [3.8, 4) is 5.69 Å². The third kappa shape index (κ3) is 2.64. The highest BCUT2D eigenvalue weighted by Crippen LogP contribution is 2.18. The summed E-state index contributed by atoms with van der Waals surface area (Å²) in [4.78, 5) is 14.7. The summed E-state index contributed by atoms with van der Waals surface area (Å²) in [5.74, 6) is 0.0744. The van der Waals surface area contributed by atoms with Crippen LogP contribution in [-0.2, 0) is 0 Å². The van der Waals surface area contributed by atoms with Crippen molar-refractivity contribution in [1.82, 2.24) is 20.0 Å². The number of piperazine rings is 1. The first kappa shape index (κ1) is 14.8. The van der Waals surface area contributed by atoms with Crippen molar-refractivity contribution in [2.24, 2.45) is 0 Å². The van der Waals surface area contributed by atoms with Gasteiger partial charge in [-0.1, -0.05) is 12.1 Å². The molecule has 1 aliphatic rings. The molecule has 1 saturated heterocycles. The van der Waals surface area contributed by atoms with Gasteiger partial charge in [-0.2, -0.15) is 5.10 Å². The van der Waals surface area contributed by atoms with Gasteiger partial charge in [-0.3, -0.25) is 4.79 Å². The van der Waals surface area contributed by atoms with Gasteiger partial charge in [0, 0.05) is 25.7 Å². The van der Waals surface area contributed by atoms with Crippen molar-refractivity contribution in [2.45, 2.75) is 26.8 Å². The molecular weight excluding hydrogens is 276 g/mol. The minimum atomic E-state index is 0.0744. The van der Waals surface area contributed by atoms with Crippen LogP contribution < -0.4 is 5.32 Å². The zero-order valence-corrected chi connectivity index (χ0v) is 13.3. The number of hydrogen-bond acceptors (Lipinski definition) is 3. The Kier molecular flexibility index (Phi) is 3.98. The zero-order valence-electron chi connectivity index (χ0n) is 13.3. The van der Waals surface area contributed by atoms with E-state index in [1.54, 1.807) is 6.20 Å². The Bertz CT molecular complexity index is 692. The number of benzene rings is 1. The molecule has 1 aromatic carbocycles. The summed E-state index contributed by atoms with van der Waals surface area (Å²) in [6, 6.07) is 8.35. The Morgan fingerprint density at radius 1 is 1.36 bits per heavy atom. The van der Waals surface area contributed by atoms with Crippen LogP contribution in [-0.4, -0.2) is 46.3 Å². The van der Waals surface area contributed by atoms with E-state index in [9.17, 15) is 4.79 Å². The van der Waals surface area contributed by atoms with E-state index in [0.29, 0.717) is 5.56 Å². The summed E-state index contributed by atoms with van der Waals surface area (Å²) in [7, 11) is 0. The molecule has 5 heteroatoms. The number of carbonyl (C=O) groups is 1. The quantitative estimate of drug-likeness (QED) is 0.921. The Balaban J connectivity index is 1.91. The molecule has 0 bridgehead atoms. The van der Waals surface area contributed by atoms with Gasteiger partial charge < -0.3 is 10.2 Å². The molecule has 2 aromatic rings. The third-order valence-corrected chi connectivity index (χ3v) is 4.25. The SMILES string of the molecule is Cc1cccc(-n2ncc(C(=O)N3CCNC[C@@H]3C)c2C)c1. The van der Waals surface area contributed by atoms with Crippen LogP contribution in [0.15, 0.2) is 30.5 Å². The number of carbonyl (C=O) groups excluding carboxylic acids is 1. The van der Waals surface area contributed by atoms with Gasteiger partial charge in [-0.15, -0.1) is 0 Å². The molecule has 1 atom stereocenters. The second kappa shape index (κ2) is 5.93. The van der Waals surface area contributed by atoms with Crippen LogP contribution in [0.2, 0.25) is 0 Å². The second-order valence-corrected chi connectivity index (χ2v) is 5.95. The summed E-state index contributed by atoms with van der Waals surface area (Å²) in [5.41, 5.74) is 3.75. The predicted molar refractivity (Wildman–Crippen MR) is 86.4 cm³/mol. The maximum Gasteiger partial charge on any atom is 0.257 e. The lowest BCUT2D eigenvalue weighted by molar-refractivity contribution is 0.0655. The second-order valence-electron chi connectivity index (χ2n) is 5.95. The molecule has 1 amide bonds. The van der Waals surface area contributed by atoms with Gasteiger partial charge in [0.15, 0.2) is 0 Å². The summed E-state index contributed by atoms with van der Waals surface area (Å²) in [5, 5.41) is 7.73. The van der Waals surface area contributed by atoms with Gasteiger partial charge >= 0.3 is 0 Å². The molecule has 3 rings (SSSR count). The lowest BCUT2D eigenvalue weighted by atomic mass is 10.1. The van der Waals surface area contributed by atoms with Crippen molar-refractivity contribution in [3.05, 3.63) is 47.3 Å². The number of aromatic nitrogens is 2. The lowest BCUT2D eigenvalue weighted by Gasteiger charge is -2.33. The van der Waals surface area contributed by atoms with Gasteiger partial charge in [-0.05, 0) is 38.5 Å². The van der Waals surface area contributed by atoms with E-state index in [-0.39, 0.29) is 11.9 Å². The molecule has 1 aliphatic heterocycles. The topological polar surface area (TPSA) is 50.2 Å². The number of hydrogen-bond donors (Lipinski definition) is 1. The first-order valence-corrected chi connectivity index (χ1v) is 7.71. The van der Waals surface area contributed by atoms with Crippen molar-refractivity contribution >= 4 is 5.91 Å². The first-order valence-electron chi connectivity index (χ1n) is 7.71. The fraction of sp³-hybridized carbons (Fsp3) is 0.412. The van der Waals surface area contributed by atoms with Crippen molar-refractivity contribution in [1.29, 1.82) is 0 Å². The highest BCUT2D eigenvalue weighted by molar-refractivity contribution is 5.95. The van der Waals surface area contributed by atoms with Crippen LogP contribution in [0.25, 0.3) is 5.69 Å². The molecule has 0 aliphatic carbocycles. The van der Waals surface area contributed by atoms with E-state index < -0.39 is 0 Å². The molecule has 1 fully saturated rings. The van der Waals surface area contributed by atoms with Gasteiger partial charge in [0.1, 0.15) is 0 Å². The molecule has 0 radical (unpaired) electrons. The predicted octanol–water partition coefficient (Wildman–Crippen LogP) is 1.92. The van der Waals surface area contributed by atoms with Gasteiger partial charge in [0.25, 0.3) is 5.91 Å². The van der Waals surface area contributed by atoms with Crippen molar-refractivity contribution in [3.63, 3.8) is 0 Å². The maximum absolute atomic E-state index is 12.8. The minimum Gasteiger partial charge on any atom is -0.333 e. The minimum absolute atomic E-state index is 0.0744. The smallest absolute Gasteiger partial charge is 0.257 e. The third-order valence-electron chi connectivity index (χ3n) is 4.25. The van der Waals surface area contributed by atoms with E-state index in [2.05, 4.69) is 36.4 Å². The Hall–Kier alpha value is -2.14. The largest absolute Gasteiger partial charge is 0.333 e. The summed E-state index contributed by atoms with van der Waals surface area (Å²) < 4.78 is 1.84. The number of nitrogens with one attached hydrogen (secondary N) is 1. The van der Waals surface area contributed by atoms with E-state index in [0.717, 1.165) is 31.0 Å². The maximum atomic E-state index is 12.8. The molecule has 22 heavy (non-hydrogen) atoms. The van der Waals surface area contributed by atoms with E-state index in [1.807, 2.05) is 28.6 Å². The van der Waals surface area contributed by atoms with Crippen LogP contribution >= 0.6 is 0 Å². The highest BCUT2D eigenvalue weighted by atomic mass is 16.2. The summed E-state index contributed by atoms with van der Waals surface area (Å²) in [6.45, 7) is 8.52. The summed E-state index contributed by atoms with van der Waals surface area (Å²) >= 11 is 0. The molecule has 1 N–H and O–H groups in total. The van der Waals surface area contributed by atoms with Crippen LogP contribution in [0.5, 0.6) is 0 Å². The van der Waals surface area contributed by atoms with Crippen LogP contribution in [0.1, 0.15) is 28.5 Å². The van der Waals surface area contributed by atoms with Gasteiger partial charge in [-0.25, -0.2) is 4.68 Å². The van der Waals surface area contributed by atoms with Crippen LogP contribution in [0.4, 0.5) is 0 Å².